The molecule has 0 saturated heterocycles. The van der Waals surface area contributed by atoms with E-state index in [0.29, 0.717) is 32.2 Å². The van der Waals surface area contributed by atoms with E-state index < -0.39 is 6.10 Å². The Kier molecular flexibility index (Phi) is 6.12. The van der Waals surface area contributed by atoms with Gasteiger partial charge in [0.1, 0.15) is 5.01 Å². The molecule has 0 aliphatic heterocycles. The molecule has 0 bridgehead atoms. The molecule has 134 valence electrons. The van der Waals surface area contributed by atoms with Crippen molar-refractivity contribution in [3.8, 4) is 10.6 Å². The van der Waals surface area contributed by atoms with E-state index in [9.17, 15) is 9.90 Å². The highest BCUT2D eigenvalue weighted by atomic mass is 32.1. The lowest BCUT2D eigenvalue weighted by molar-refractivity contribution is -0.130. The summed E-state index contributed by atoms with van der Waals surface area (Å²) in [6, 6.07) is 3.88. The van der Waals surface area contributed by atoms with E-state index in [-0.39, 0.29) is 17.9 Å². The average molecular weight is 361 g/mol. The summed E-state index contributed by atoms with van der Waals surface area (Å²) in [5.74, 6) is -0.0496. The summed E-state index contributed by atoms with van der Waals surface area (Å²) >= 11 is 1.58. The lowest BCUT2D eigenvalue weighted by Gasteiger charge is -2.31. The van der Waals surface area contributed by atoms with Gasteiger partial charge in [-0.2, -0.15) is 0 Å². The number of amides is 1. The van der Waals surface area contributed by atoms with E-state index in [2.05, 4.69) is 15.3 Å². The molecule has 1 aliphatic carbocycles. The van der Waals surface area contributed by atoms with Gasteiger partial charge in [-0.25, -0.2) is 4.98 Å². The van der Waals surface area contributed by atoms with Gasteiger partial charge >= 0.3 is 0 Å². The molecule has 0 spiro atoms. The fourth-order valence-electron chi connectivity index (χ4n) is 3.11. The number of aliphatic hydroxyl groups is 1. The van der Waals surface area contributed by atoms with Crippen LogP contribution in [0, 0.1) is 5.92 Å². The third kappa shape index (κ3) is 4.62. The first-order valence-corrected chi connectivity index (χ1v) is 9.38. The summed E-state index contributed by atoms with van der Waals surface area (Å²) in [5, 5.41) is 15.8. The Hall–Kier alpha value is -1.83. The minimum Gasteiger partial charge on any atom is -0.390 e. The fourth-order valence-corrected chi connectivity index (χ4v) is 3.95. The molecular weight excluding hydrogens is 338 g/mol. The molecule has 1 fully saturated rings. The van der Waals surface area contributed by atoms with Crippen LogP contribution in [0.4, 0.5) is 0 Å². The van der Waals surface area contributed by atoms with Crippen LogP contribution in [0.15, 0.2) is 29.9 Å². The number of carbonyl (C=O) groups excluding carboxylic acids is 1. The summed E-state index contributed by atoms with van der Waals surface area (Å²) in [7, 11) is 1.58. The van der Waals surface area contributed by atoms with Crippen LogP contribution in [-0.2, 0) is 16.0 Å². The van der Waals surface area contributed by atoms with Gasteiger partial charge in [0.25, 0.3) is 0 Å². The van der Waals surface area contributed by atoms with E-state index in [1.165, 1.54) is 0 Å². The first-order valence-electron chi connectivity index (χ1n) is 8.50. The van der Waals surface area contributed by atoms with Crippen LogP contribution < -0.4 is 5.32 Å². The van der Waals surface area contributed by atoms with E-state index in [1.54, 1.807) is 30.8 Å². The number of carbonyl (C=O) groups is 1. The zero-order valence-electron chi connectivity index (χ0n) is 14.2. The van der Waals surface area contributed by atoms with E-state index in [0.717, 1.165) is 16.3 Å². The largest absolute Gasteiger partial charge is 0.390 e. The fraction of sp³-hybridized carbons (Fsp3) is 0.500. The van der Waals surface area contributed by atoms with Crippen LogP contribution >= 0.6 is 11.3 Å². The second-order valence-corrected chi connectivity index (χ2v) is 7.14. The number of aliphatic hydroxyl groups excluding tert-OH is 1. The molecule has 0 aromatic carbocycles. The lowest BCUT2D eigenvalue weighted by atomic mass is 9.84. The van der Waals surface area contributed by atoms with Crippen molar-refractivity contribution in [1.29, 1.82) is 0 Å². The molecule has 2 aromatic heterocycles. The number of hydrogen-bond donors (Lipinski definition) is 2. The maximum Gasteiger partial charge on any atom is 0.223 e. The summed E-state index contributed by atoms with van der Waals surface area (Å²) in [6.45, 7) is 0.561. The van der Waals surface area contributed by atoms with Gasteiger partial charge in [0.15, 0.2) is 0 Å². The second-order valence-electron chi connectivity index (χ2n) is 6.28. The Morgan fingerprint density at radius 1 is 1.48 bits per heavy atom. The highest BCUT2D eigenvalue weighted by Crippen LogP contribution is 2.27. The lowest BCUT2D eigenvalue weighted by Crippen LogP contribution is -2.41. The highest BCUT2D eigenvalue weighted by Gasteiger charge is 2.32. The molecule has 3 atom stereocenters. The third-order valence-corrected chi connectivity index (χ3v) is 5.51. The van der Waals surface area contributed by atoms with Gasteiger partial charge < -0.3 is 15.2 Å². The molecule has 3 rings (SSSR count). The quantitative estimate of drug-likeness (QED) is 0.822. The Bertz CT molecular complexity index is 692. The molecule has 2 N–H and O–H groups in total. The first kappa shape index (κ1) is 18.0. The number of pyridine rings is 1. The zero-order valence-corrected chi connectivity index (χ0v) is 15.0. The van der Waals surface area contributed by atoms with E-state index in [1.807, 2.05) is 17.5 Å². The molecule has 2 heterocycles. The van der Waals surface area contributed by atoms with Crippen LogP contribution in [0.2, 0.25) is 0 Å². The summed E-state index contributed by atoms with van der Waals surface area (Å²) in [6.07, 6.45) is 5.42. The van der Waals surface area contributed by atoms with Crippen LogP contribution in [0.3, 0.4) is 0 Å². The average Bonchev–Trinajstić information content (AvgIpc) is 3.11. The van der Waals surface area contributed by atoms with E-state index in [4.69, 9.17) is 4.74 Å². The third-order valence-electron chi connectivity index (χ3n) is 4.57. The molecule has 1 saturated carbocycles. The zero-order chi connectivity index (χ0) is 17.6. The molecule has 0 radical (unpaired) electrons. The molecule has 3 unspecified atom stereocenters. The monoisotopic (exact) mass is 361 g/mol. The number of hydrogen-bond acceptors (Lipinski definition) is 6. The predicted octanol–water partition coefficient (Wildman–Crippen LogP) is 2.04. The summed E-state index contributed by atoms with van der Waals surface area (Å²) < 4.78 is 5.26. The number of aromatic nitrogens is 2. The summed E-state index contributed by atoms with van der Waals surface area (Å²) in [4.78, 5) is 21.0. The standard InChI is InChI=1S/C18H23N3O3S/c1-24-16-9-12(4-5-15(16)22)17(23)20-8-6-14-11-25-18(21-14)13-3-2-7-19-10-13/h2-3,7,10-12,15-16,22H,4-6,8-9H2,1H3,(H,20,23). The van der Waals surface area contributed by atoms with Gasteiger partial charge in [0.2, 0.25) is 5.91 Å². The van der Waals surface area contributed by atoms with Crippen LogP contribution in [0.1, 0.15) is 25.0 Å². The van der Waals surface area contributed by atoms with Crippen molar-refractivity contribution in [2.45, 2.75) is 37.9 Å². The van der Waals surface area contributed by atoms with Gasteiger partial charge in [0.05, 0.1) is 17.9 Å². The number of thiazole rings is 1. The number of rotatable bonds is 6. The second kappa shape index (κ2) is 8.51. The number of nitrogens with one attached hydrogen (secondary N) is 1. The molecule has 7 heteroatoms. The van der Waals surface area contributed by atoms with Crippen molar-refractivity contribution >= 4 is 17.2 Å². The Labute approximate surface area is 151 Å². The van der Waals surface area contributed by atoms with Gasteiger partial charge in [-0.3, -0.25) is 9.78 Å². The van der Waals surface area contributed by atoms with Gasteiger partial charge in [0, 0.05) is 49.3 Å². The molecular formula is C18H23N3O3S. The normalized spacial score (nSPS) is 23.4. The maximum atomic E-state index is 12.3. The van der Waals surface area contributed by atoms with Crippen molar-refractivity contribution in [1.82, 2.24) is 15.3 Å². The SMILES string of the molecule is COC1CC(C(=O)NCCc2csc(-c3cccnc3)n2)CCC1O. The van der Waals surface area contributed by atoms with Crippen molar-refractivity contribution < 1.29 is 14.6 Å². The van der Waals surface area contributed by atoms with Crippen molar-refractivity contribution in [2.24, 2.45) is 5.92 Å². The number of nitrogens with zero attached hydrogens (tertiary/aromatic N) is 2. The molecule has 2 aromatic rings. The van der Waals surface area contributed by atoms with Crippen molar-refractivity contribution in [3.05, 3.63) is 35.6 Å². The van der Waals surface area contributed by atoms with Crippen molar-refractivity contribution in [3.63, 3.8) is 0 Å². The Balaban J connectivity index is 1.47. The predicted molar refractivity (Wildman–Crippen MR) is 96.2 cm³/mol. The van der Waals surface area contributed by atoms with Crippen LogP contribution in [0.5, 0.6) is 0 Å². The molecule has 6 nitrogen and oxygen atoms in total. The van der Waals surface area contributed by atoms with Gasteiger partial charge in [-0.15, -0.1) is 11.3 Å². The Morgan fingerprint density at radius 3 is 3.12 bits per heavy atom. The van der Waals surface area contributed by atoms with Crippen LogP contribution in [-0.4, -0.2) is 46.8 Å². The molecule has 1 amide bonds. The van der Waals surface area contributed by atoms with Crippen LogP contribution in [0.25, 0.3) is 10.6 Å². The van der Waals surface area contributed by atoms with Gasteiger partial charge in [-0.1, -0.05) is 0 Å². The van der Waals surface area contributed by atoms with E-state index >= 15 is 0 Å². The van der Waals surface area contributed by atoms with Gasteiger partial charge in [-0.05, 0) is 31.4 Å². The highest BCUT2D eigenvalue weighted by molar-refractivity contribution is 7.13. The number of methoxy groups -OCH3 is 1. The first-order chi connectivity index (χ1) is 12.2. The molecule has 25 heavy (non-hydrogen) atoms. The topological polar surface area (TPSA) is 84.3 Å². The van der Waals surface area contributed by atoms with Crippen molar-refractivity contribution in [2.75, 3.05) is 13.7 Å². The minimum atomic E-state index is -0.463. The molecule has 1 aliphatic rings. The smallest absolute Gasteiger partial charge is 0.223 e. The Morgan fingerprint density at radius 2 is 2.36 bits per heavy atom. The number of ether oxygens (including phenoxy) is 1. The summed E-state index contributed by atoms with van der Waals surface area (Å²) in [5.41, 5.74) is 1.98. The maximum absolute atomic E-state index is 12.3. The minimum absolute atomic E-state index is 0.0386.